The third-order valence-electron chi connectivity index (χ3n) is 4.84. The summed E-state index contributed by atoms with van der Waals surface area (Å²) < 4.78 is 86.6. The molecule has 0 fully saturated rings. The Morgan fingerprint density at radius 2 is 1.76 bits per heavy atom. The molecule has 3 heterocycles. The van der Waals surface area contributed by atoms with Crippen LogP contribution in [0.4, 0.5) is 23.2 Å². The summed E-state index contributed by atoms with van der Waals surface area (Å²) in [5.74, 6) is -4.55. The lowest BCUT2D eigenvalue weighted by Gasteiger charge is -2.13. The van der Waals surface area contributed by atoms with E-state index in [0.717, 1.165) is 18.2 Å². The first kappa shape index (κ1) is 22.0. The molecule has 0 bridgehead atoms. The molecule has 0 unspecified atom stereocenters. The maximum atomic E-state index is 15.6. The van der Waals surface area contributed by atoms with Crippen molar-refractivity contribution in [3.63, 3.8) is 0 Å². The van der Waals surface area contributed by atoms with E-state index in [-0.39, 0.29) is 5.69 Å². The van der Waals surface area contributed by atoms with Crippen LogP contribution in [0.3, 0.4) is 0 Å². The molecule has 3 aromatic heterocycles. The largest absolute Gasteiger partial charge is 0.277 e. The summed E-state index contributed by atoms with van der Waals surface area (Å²) in [5, 5.41) is 5.99. The van der Waals surface area contributed by atoms with Crippen molar-refractivity contribution in [2.45, 2.75) is 4.90 Å². The predicted molar refractivity (Wildman–Crippen MR) is 117 cm³/mol. The Morgan fingerprint density at radius 3 is 2.53 bits per heavy atom. The average Bonchev–Trinajstić information content (AvgIpc) is 3.39. The number of fused-ring (bicyclic) bond motifs is 1. The van der Waals surface area contributed by atoms with E-state index in [1.807, 2.05) is 4.72 Å². The topological polar surface area (TPSA) is 89.2 Å². The molecule has 0 aliphatic carbocycles. The summed E-state index contributed by atoms with van der Waals surface area (Å²) in [7, 11) is -4.75. The number of thiazole rings is 1. The highest BCUT2D eigenvalue weighted by Gasteiger charge is 2.28. The zero-order chi connectivity index (χ0) is 24.0. The molecule has 0 saturated heterocycles. The second kappa shape index (κ2) is 8.18. The first-order valence-electron chi connectivity index (χ1n) is 9.45. The second-order valence-electron chi connectivity index (χ2n) is 6.94. The molecule has 5 rings (SSSR count). The zero-order valence-electron chi connectivity index (χ0n) is 16.7. The van der Waals surface area contributed by atoms with Gasteiger partial charge in [0, 0.05) is 17.8 Å². The van der Waals surface area contributed by atoms with Gasteiger partial charge in [-0.25, -0.2) is 40.5 Å². The van der Waals surface area contributed by atoms with E-state index in [4.69, 9.17) is 0 Å². The van der Waals surface area contributed by atoms with E-state index >= 15 is 4.39 Å². The Labute approximate surface area is 193 Å². The Balaban J connectivity index is 1.67. The lowest BCUT2D eigenvalue weighted by atomic mass is 10.0. The van der Waals surface area contributed by atoms with Crippen LogP contribution in [0.25, 0.3) is 27.3 Å². The molecule has 1 N–H and O–H groups in total. The first-order chi connectivity index (χ1) is 16.3. The van der Waals surface area contributed by atoms with Crippen LogP contribution in [0, 0.1) is 23.3 Å². The lowest BCUT2D eigenvalue weighted by Crippen LogP contribution is -2.16. The van der Waals surface area contributed by atoms with Crippen molar-refractivity contribution in [2.75, 3.05) is 4.72 Å². The molecule has 0 radical (unpaired) electrons. The number of anilines is 1. The van der Waals surface area contributed by atoms with Gasteiger partial charge in [-0.2, -0.15) is 5.10 Å². The highest BCUT2D eigenvalue weighted by Crippen LogP contribution is 2.40. The Bertz CT molecular complexity index is 1650. The van der Waals surface area contributed by atoms with Crippen molar-refractivity contribution < 1.29 is 26.0 Å². The van der Waals surface area contributed by atoms with Crippen LogP contribution in [0.2, 0.25) is 0 Å². The average molecular weight is 505 g/mol. The minimum absolute atomic E-state index is 0.126. The highest BCUT2D eigenvalue weighted by atomic mass is 32.2. The summed E-state index contributed by atoms with van der Waals surface area (Å²) in [6, 6.07) is 5.04. The van der Waals surface area contributed by atoms with Crippen LogP contribution in [0.1, 0.15) is 0 Å². The van der Waals surface area contributed by atoms with Gasteiger partial charge in [0.05, 0.1) is 22.5 Å². The Kier molecular flexibility index (Phi) is 5.29. The summed E-state index contributed by atoms with van der Waals surface area (Å²) in [4.78, 5) is 7.50. The van der Waals surface area contributed by atoms with Gasteiger partial charge in [0.2, 0.25) is 0 Å². The van der Waals surface area contributed by atoms with Crippen LogP contribution >= 0.6 is 11.3 Å². The van der Waals surface area contributed by atoms with Crippen molar-refractivity contribution in [3.8, 4) is 22.5 Å². The van der Waals surface area contributed by atoms with Gasteiger partial charge < -0.3 is 0 Å². The molecule has 0 aliphatic rings. The van der Waals surface area contributed by atoms with Gasteiger partial charge in [-0.15, -0.1) is 11.3 Å². The van der Waals surface area contributed by atoms with Crippen LogP contribution in [0.5, 0.6) is 0 Å². The highest BCUT2D eigenvalue weighted by molar-refractivity contribution is 7.92. The molecule has 2 aromatic carbocycles. The van der Waals surface area contributed by atoms with Gasteiger partial charge in [-0.3, -0.25) is 4.72 Å². The van der Waals surface area contributed by atoms with Gasteiger partial charge in [-0.1, -0.05) is 0 Å². The molecule has 34 heavy (non-hydrogen) atoms. The smallest absolute Gasteiger partial charge is 0.265 e. The van der Waals surface area contributed by atoms with Crippen molar-refractivity contribution in [1.29, 1.82) is 0 Å². The third kappa shape index (κ3) is 3.68. The van der Waals surface area contributed by atoms with E-state index in [0.29, 0.717) is 28.2 Å². The van der Waals surface area contributed by atoms with E-state index in [9.17, 15) is 21.6 Å². The number of nitrogens with zero attached hydrogens (tertiary/aromatic N) is 4. The van der Waals surface area contributed by atoms with E-state index < -0.39 is 49.4 Å². The lowest BCUT2D eigenvalue weighted by molar-refractivity contribution is 0.554. The molecule has 0 spiro atoms. The van der Waals surface area contributed by atoms with Crippen LogP contribution in [-0.4, -0.2) is 28.0 Å². The number of hydrogen-bond donors (Lipinski definition) is 1. The van der Waals surface area contributed by atoms with Crippen LogP contribution in [-0.2, 0) is 10.0 Å². The summed E-state index contributed by atoms with van der Waals surface area (Å²) in [6.07, 6.45) is 4.30. The molecular formula is C21H11F4N5O2S2. The van der Waals surface area contributed by atoms with Crippen molar-refractivity contribution in [3.05, 3.63) is 83.8 Å². The van der Waals surface area contributed by atoms with E-state index in [2.05, 4.69) is 15.1 Å². The molecule has 0 atom stereocenters. The van der Waals surface area contributed by atoms with Crippen LogP contribution in [0.15, 0.2) is 65.4 Å². The second-order valence-corrected chi connectivity index (χ2v) is 9.48. The fraction of sp³-hybridized carbons (Fsp3) is 0. The number of nitrogens with one attached hydrogen (secondary N) is 1. The molecule has 0 aliphatic heterocycles. The number of rotatable bonds is 5. The molecular weight excluding hydrogens is 494 g/mol. The van der Waals surface area contributed by atoms with Gasteiger partial charge in [0.25, 0.3) is 10.0 Å². The molecule has 13 heteroatoms. The van der Waals surface area contributed by atoms with Gasteiger partial charge in [-0.05, 0) is 36.4 Å². The van der Waals surface area contributed by atoms with Gasteiger partial charge in [0.1, 0.15) is 39.2 Å². The normalized spacial score (nSPS) is 11.8. The van der Waals surface area contributed by atoms with Crippen LogP contribution < -0.4 is 4.72 Å². The molecule has 172 valence electrons. The Hall–Kier alpha value is -3.84. The number of hydrogen-bond acceptors (Lipinski definition) is 6. The standard InChI is InChI=1S/C21H11F4N5O2S2/c22-11-1-2-12(23)16(9-11)34(31,32)29-15-4-3-13(24)17(19(15)25)20-18(14-5-6-26-10-27-14)21-30(28-20)7-8-33-21/h1-10,29H. The monoisotopic (exact) mass is 505 g/mol. The Morgan fingerprint density at radius 1 is 0.971 bits per heavy atom. The van der Waals surface area contributed by atoms with E-state index in [1.165, 1.54) is 34.4 Å². The van der Waals surface area contributed by atoms with Crippen molar-refractivity contribution in [2.24, 2.45) is 0 Å². The predicted octanol–water partition coefficient (Wildman–Crippen LogP) is 4.88. The summed E-state index contributed by atoms with van der Waals surface area (Å²) in [6.45, 7) is 0. The summed E-state index contributed by atoms with van der Waals surface area (Å²) in [5.41, 5.74) is -0.770. The number of benzene rings is 2. The molecule has 0 amide bonds. The van der Waals surface area contributed by atoms with Gasteiger partial charge >= 0.3 is 0 Å². The van der Waals surface area contributed by atoms with Crippen molar-refractivity contribution >= 4 is 31.9 Å². The molecule has 5 aromatic rings. The SMILES string of the molecule is O=S(=O)(Nc1ccc(F)c(-c2nn3ccsc3c2-c2ccncn2)c1F)c1cc(F)ccc1F. The maximum Gasteiger partial charge on any atom is 0.265 e. The first-order valence-corrected chi connectivity index (χ1v) is 11.8. The fourth-order valence-electron chi connectivity index (χ4n) is 3.36. The minimum Gasteiger partial charge on any atom is -0.277 e. The maximum absolute atomic E-state index is 15.6. The van der Waals surface area contributed by atoms with Gasteiger partial charge in [0.15, 0.2) is 5.82 Å². The minimum atomic E-state index is -4.75. The molecule has 0 saturated carbocycles. The summed E-state index contributed by atoms with van der Waals surface area (Å²) >= 11 is 1.26. The quantitative estimate of drug-likeness (QED) is 0.344. The zero-order valence-corrected chi connectivity index (χ0v) is 18.3. The van der Waals surface area contributed by atoms with E-state index in [1.54, 1.807) is 11.6 Å². The third-order valence-corrected chi connectivity index (χ3v) is 7.09. The fourth-order valence-corrected chi connectivity index (χ4v) is 5.34. The number of halogens is 4. The van der Waals surface area contributed by atoms with Crippen molar-refractivity contribution in [1.82, 2.24) is 19.6 Å². The number of aromatic nitrogens is 4. The number of sulfonamides is 1. The molecule has 7 nitrogen and oxygen atoms in total.